The van der Waals surface area contributed by atoms with Gasteiger partial charge in [-0.2, -0.15) is 0 Å². The summed E-state index contributed by atoms with van der Waals surface area (Å²) >= 11 is 0. The van der Waals surface area contributed by atoms with Crippen LogP contribution in [0.25, 0.3) is 0 Å². The number of benzene rings is 3. The first-order valence-corrected chi connectivity index (χ1v) is 13.8. The van der Waals surface area contributed by atoms with Crippen LogP contribution in [0.1, 0.15) is 43.0 Å². The van der Waals surface area contributed by atoms with Crippen LogP contribution in [-0.4, -0.2) is 43.1 Å². The van der Waals surface area contributed by atoms with Gasteiger partial charge < -0.3 is 19.7 Å². The lowest BCUT2D eigenvalue weighted by molar-refractivity contribution is -0.121. The maximum Gasteiger partial charge on any atom is 0.416 e. The van der Waals surface area contributed by atoms with E-state index in [9.17, 15) is 9.59 Å². The van der Waals surface area contributed by atoms with Crippen molar-refractivity contribution in [3.63, 3.8) is 0 Å². The minimum atomic E-state index is -0.608. The molecule has 1 saturated heterocycles. The van der Waals surface area contributed by atoms with Crippen LogP contribution in [0.4, 0.5) is 10.5 Å². The molecule has 2 amide bonds. The molecule has 7 nitrogen and oxygen atoms in total. The van der Waals surface area contributed by atoms with Gasteiger partial charge in [-0.3, -0.25) is 9.69 Å². The summed E-state index contributed by atoms with van der Waals surface area (Å²) in [6, 6.07) is 23.1. The molecule has 2 heterocycles. The van der Waals surface area contributed by atoms with Gasteiger partial charge in [-0.05, 0) is 49.6 Å². The number of likely N-dealkylation sites (N-methyl/N-ethyl adjacent to an activating group) is 1. The molecule has 0 saturated carbocycles. The minimum absolute atomic E-state index is 0.0269. The van der Waals surface area contributed by atoms with E-state index in [1.54, 1.807) is 24.1 Å². The van der Waals surface area contributed by atoms with E-state index in [-0.39, 0.29) is 36.0 Å². The second-order valence-corrected chi connectivity index (χ2v) is 11.3. The highest BCUT2D eigenvalue weighted by molar-refractivity contribution is 6.07. The zero-order chi connectivity index (χ0) is 28.0. The molecule has 206 valence electrons. The molecule has 1 N–H and O–H groups in total. The molecular formula is C33H35N3O4. The summed E-state index contributed by atoms with van der Waals surface area (Å²) in [5, 5.41) is 3.81. The van der Waals surface area contributed by atoms with E-state index in [1.807, 2.05) is 68.3 Å². The van der Waals surface area contributed by atoms with Crippen molar-refractivity contribution in [2.45, 2.75) is 50.4 Å². The topological polar surface area (TPSA) is 71.1 Å². The van der Waals surface area contributed by atoms with E-state index in [1.165, 1.54) is 0 Å². The van der Waals surface area contributed by atoms with E-state index in [2.05, 4.69) is 35.7 Å². The molecule has 40 heavy (non-hydrogen) atoms. The number of amides is 2. The Morgan fingerprint density at radius 1 is 1.05 bits per heavy atom. The summed E-state index contributed by atoms with van der Waals surface area (Å²) in [5.41, 5.74) is 3.31. The molecule has 3 aromatic rings. The molecule has 0 bridgehead atoms. The van der Waals surface area contributed by atoms with E-state index >= 15 is 0 Å². The number of likely N-dealkylation sites (tertiary alicyclic amines) is 1. The van der Waals surface area contributed by atoms with Crippen LogP contribution in [0.5, 0.6) is 11.5 Å². The third kappa shape index (κ3) is 4.25. The van der Waals surface area contributed by atoms with Gasteiger partial charge >= 0.3 is 6.09 Å². The van der Waals surface area contributed by atoms with Crippen molar-refractivity contribution in [3.05, 3.63) is 102 Å². The number of ether oxygens (including phenoxy) is 2. The first-order valence-electron chi connectivity index (χ1n) is 13.8. The Balaban J connectivity index is 1.33. The lowest BCUT2D eigenvalue weighted by Crippen LogP contribution is -2.42. The van der Waals surface area contributed by atoms with Crippen LogP contribution in [0.2, 0.25) is 0 Å². The Morgan fingerprint density at radius 3 is 2.45 bits per heavy atom. The standard InChI is InChI=1S/C33H35N3O4/c1-33(2)25-18-22(28(39-4)19-27(25)35(3)31(33)37)20-34-29-24-16-11-17-26(24)36(30(29)21-12-7-5-8-13-21)32(38)40-23-14-9-6-10-15-23/h5-15,17-19,24,26,29-30,34H,16,20H2,1-4H3. The van der Waals surface area contributed by atoms with Crippen molar-refractivity contribution >= 4 is 17.7 Å². The fraction of sp³-hybridized carbons (Fsp3) is 0.333. The molecule has 0 aromatic heterocycles. The Kier molecular flexibility index (Phi) is 6.62. The smallest absolute Gasteiger partial charge is 0.416 e. The molecule has 1 aliphatic carbocycles. The number of carbonyl (C=O) groups excluding carboxylic acids is 2. The highest BCUT2D eigenvalue weighted by Crippen LogP contribution is 2.47. The lowest BCUT2D eigenvalue weighted by atomic mass is 9.85. The molecular weight excluding hydrogens is 502 g/mol. The predicted octanol–water partition coefficient (Wildman–Crippen LogP) is 5.61. The number of allylic oxidation sites excluding steroid dienone is 1. The van der Waals surface area contributed by atoms with E-state index < -0.39 is 5.41 Å². The molecule has 4 atom stereocenters. The lowest BCUT2D eigenvalue weighted by Gasteiger charge is -2.31. The molecule has 0 radical (unpaired) electrons. The molecule has 7 heteroatoms. The van der Waals surface area contributed by atoms with Crippen molar-refractivity contribution < 1.29 is 19.1 Å². The first-order chi connectivity index (χ1) is 19.3. The Morgan fingerprint density at radius 2 is 1.75 bits per heavy atom. The monoisotopic (exact) mass is 537 g/mol. The Hall–Kier alpha value is -4.10. The fourth-order valence-corrected chi connectivity index (χ4v) is 6.66. The number of nitrogens with zero attached hydrogens (tertiary/aromatic N) is 2. The summed E-state index contributed by atoms with van der Waals surface area (Å²) in [5.74, 6) is 1.53. The van der Waals surface area contributed by atoms with Crippen LogP contribution < -0.4 is 19.7 Å². The number of anilines is 1. The number of hydrogen-bond acceptors (Lipinski definition) is 5. The summed E-state index contributed by atoms with van der Waals surface area (Å²) in [4.78, 5) is 30.2. The number of methoxy groups -OCH3 is 1. The molecule has 2 aliphatic heterocycles. The molecule has 1 fully saturated rings. The van der Waals surface area contributed by atoms with Gasteiger partial charge in [0.05, 0.1) is 30.3 Å². The first kappa shape index (κ1) is 26.1. The zero-order valence-electron chi connectivity index (χ0n) is 23.3. The largest absolute Gasteiger partial charge is 0.496 e. The number of para-hydroxylation sites is 1. The second-order valence-electron chi connectivity index (χ2n) is 11.3. The molecule has 0 spiro atoms. The number of hydrogen-bond donors (Lipinski definition) is 1. The molecule has 4 unspecified atom stereocenters. The maximum absolute atomic E-state index is 13.7. The van der Waals surface area contributed by atoms with Crippen molar-refractivity contribution in [2.24, 2.45) is 5.92 Å². The van der Waals surface area contributed by atoms with Gasteiger partial charge in [-0.25, -0.2) is 4.79 Å². The molecule has 6 rings (SSSR count). The van der Waals surface area contributed by atoms with Crippen LogP contribution in [0, 0.1) is 5.92 Å². The van der Waals surface area contributed by atoms with Gasteiger partial charge in [-0.15, -0.1) is 0 Å². The molecule has 3 aliphatic rings. The van der Waals surface area contributed by atoms with Crippen LogP contribution >= 0.6 is 0 Å². The Bertz CT molecular complexity index is 1450. The van der Waals surface area contributed by atoms with Crippen LogP contribution in [0.15, 0.2) is 84.9 Å². The number of fused-ring (bicyclic) bond motifs is 2. The SMILES string of the molecule is COc1cc2c(cc1CNC1C3CC=CC3N(C(=O)Oc3ccccc3)C1c1ccccc1)C(C)(C)C(=O)N2C. The summed E-state index contributed by atoms with van der Waals surface area (Å²) in [6.07, 6.45) is 4.81. The van der Waals surface area contributed by atoms with Crippen molar-refractivity contribution in [2.75, 3.05) is 19.1 Å². The van der Waals surface area contributed by atoms with Crippen LogP contribution in [0.3, 0.4) is 0 Å². The van der Waals surface area contributed by atoms with E-state index in [0.29, 0.717) is 12.3 Å². The third-order valence-electron chi connectivity index (χ3n) is 8.70. The molecule has 3 aromatic carbocycles. The summed E-state index contributed by atoms with van der Waals surface area (Å²) in [6.45, 7) is 4.47. The van der Waals surface area contributed by atoms with E-state index in [4.69, 9.17) is 9.47 Å². The summed E-state index contributed by atoms with van der Waals surface area (Å²) < 4.78 is 11.7. The minimum Gasteiger partial charge on any atom is -0.496 e. The van der Waals surface area contributed by atoms with Crippen molar-refractivity contribution in [3.8, 4) is 11.5 Å². The zero-order valence-corrected chi connectivity index (χ0v) is 23.3. The van der Waals surface area contributed by atoms with Gasteiger partial charge in [-0.1, -0.05) is 60.7 Å². The number of rotatable bonds is 6. The number of nitrogens with one attached hydrogen (secondary N) is 1. The van der Waals surface area contributed by atoms with Gasteiger partial charge in [0.1, 0.15) is 11.5 Å². The quantitative estimate of drug-likeness (QED) is 0.414. The van der Waals surface area contributed by atoms with Gasteiger partial charge in [0.25, 0.3) is 0 Å². The predicted molar refractivity (Wildman–Crippen MR) is 155 cm³/mol. The van der Waals surface area contributed by atoms with Gasteiger partial charge in [0.15, 0.2) is 0 Å². The van der Waals surface area contributed by atoms with Gasteiger partial charge in [0, 0.05) is 37.2 Å². The second kappa shape index (κ2) is 10.1. The highest BCUT2D eigenvalue weighted by atomic mass is 16.6. The number of carbonyl (C=O) groups is 2. The average Bonchev–Trinajstić information content (AvgIpc) is 3.60. The summed E-state index contributed by atoms with van der Waals surface area (Å²) in [7, 11) is 3.47. The van der Waals surface area contributed by atoms with Crippen LogP contribution in [-0.2, 0) is 16.8 Å². The van der Waals surface area contributed by atoms with Crippen molar-refractivity contribution in [1.29, 1.82) is 0 Å². The van der Waals surface area contributed by atoms with E-state index in [0.717, 1.165) is 34.5 Å². The Labute approximate surface area is 235 Å². The van der Waals surface area contributed by atoms with Crippen molar-refractivity contribution in [1.82, 2.24) is 10.2 Å². The normalized spacial score (nSPS) is 24.2. The fourth-order valence-electron chi connectivity index (χ4n) is 6.66. The maximum atomic E-state index is 13.7. The third-order valence-corrected chi connectivity index (χ3v) is 8.70. The average molecular weight is 538 g/mol. The highest BCUT2D eigenvalue weighted by Gasteiger charge is 2.52. The van der Waals surface area contributed by atoms with Gasteiger partial charge in [0.2, 0.25) is 5.91 Å².